The fraction of sp³-hybridized carbons (Fsp3) is 0.100. The first-order valence-electron chi connectivity index (χ1n) is 3.89. The van der Waals surface area contributed by atoms with Crippen LogP contribution in [0.25, 0.3) is 6.08 Å². The van der Waals surface area contributed by atoms with Crippen molar-refractivity contribution in [2.75, 3.05) is 5.73 Å². The van der Waals surface area contributed by atoms with E-state index in [0.717, 1.165) is 6.29 Å². The van der Waals surface area contributed by atoms with Crippen LogP contribution in [0.15, 0.2) is 24.3 Å². The number of rotatable bonds is 3. The van der Waals surface area contributed by atoms with Gasteiger partial charge in [-0.2, -0.15) is 0 Å². The number of allylic oxidation sites excluding steroid dienone is 1. The second-order valence-corrected chi connectivity index (χ2v) is 2.59. The van der Waals surface area contributed by atoms with Gasteiger partial charge in [0.15, 0.2) is 0 Å². The Hall–Kier alpha value is -1.64. The van der Waals surface area contributed by atoms with Gasteiger partial charge in [0.05, 0.1) is 0 Å². The number of carbonyl (C=O) groups is 1. The summed E-state index contributed by atoms with van der Waals surface area (Å²) in [5.41, 5.74) is 6.20. The number of nitrogens with two attached hydrogens (primary N) is 1. The summed E-state index contributed by atoms with van der Waals surface area (Å²) in [5.74, 6) is -0.373. The summed E-state index contributed by atoms with van der Waals surface area (Å²) in [6.07, 6.45) is 4.21. The van der Waals surface area contributed by atoms with Gasteiger partial charge in [0.1, 0.15) is 12.1 Å². The van der Waals surface area contributed by atoms with Gasteiger partial charge in [-0.15, -0.1) is 0 Å². The number of benzene rings is 1. The normalized spacial score (nSPS) is 10.5. The third-order valence-corrected chi connectivity index (χ3v) is 1.55. The van der Waals surface area contributed by atoms with Crippen molar-refractivity contribution >= 4 is 18.0 Å². The molecule has 1 aromatic rings. The van der Waals surface area contributed by atoms with Crippen molar-refractivity contribution in [2.45, 2.75) is 6.42 Å². The lowest BCUT2D eigenvalue weighted by Gasteiger charge is -1.97. The third kappa shape index (κ3) is 2.71. The fourth-order valence-electron chi connectivity index (χ4n) is 0.929. The lowest BCUT2D eigenvalue weighted by Crippen LogP contribution is -1.88. The average molecular weight is 179 g/mol. The van der Waals surface area contributed by atoms with Gasteiger partial charge in [0.2, 0.25) is 0 Å². The van der Waals surface area contributed by atoms with Crippen LogP contribution in [0.5, 0.6) is 0 Å². The molecule has 0 atom stereocenters. The molecule has 0 fully saturated rings. The summed E-state index contributed by atoms with van der Waals surface area (Å²) in [6, 6.07) is 4.44. The molecule has 0 unspecified atom stereocenters. The molecule has 3 heteroatoms. The summed E-state index contributed by atoms with van der Waals surface area (Å²) in [7, 11) is 0. The first-order valence-corrected chi connectivity index (χ1v) is 3.89. The second-order valence-electron chi connectivity index (χ2n) is 2.59. The predicted octanol–water partition coefficient (Wildman–Crippen LogP) is 2.01. The molecule has 2 N–H and O–H groups in total. The lowest BCUT2D eigenvalue weighted by molar-refractivity contribution is -0.107. The highest BCUT2D eigenvalue weighted by Crippen LogP contribution is 2.13. The molecule has 0 amide bonds. The second kappa shape index (κ2) is 4.40. The van der Waals surface area contributed by atoms with E-state index in [4.69, 9.17) is 5.73 Å². The van der Waals surface area contributed by atoms with Crippen molar-refractivity contribution in [3.8, 4) is 0 Å². The minimum atomic E-state index is -0.373. The van der Waals surface area contributed by atoms with Gasteiger partial charge in [-0.05, 0) is 12.1 Å². The molecule has 13 heavy (non-hydrogen) atoms. The van der Waals surface area contributed by atoms with Gasteiger partial charge in [0.25, 0.3) is 0 Å². The van der Waals surface area contributed by atoms with Crippen molar-refractivity contribution in [1.29, 1.82) is 0 Å². The van der Waals surface area contributed by atoms with Gasteiger partial charge in [0, 0.05) is 17.7 Å². The van der Waals surface area contributed by atoms with E-state index in [9.17, 15) is 9.18 Å². The molecule has 0 saturated carbocycles. The molecule has 0 aliphatic rings. The molecule has 0 spiro atoms. The zero-order chi connectivity index (χ0) is 9.68. The summed E-state index contributed by atoms with van der Waals surface area (Å²) in [5, 5.41) is 0. The maximum atomic E-state index is 13.1. The highest BCUT2D eigenvalue weighted by Gasteiger charge is 1.97. The van der Waals surface area contributed by atoms with E-state index in [0.29, 0.717) is 17.7 Å². The number of halogens is 1. The van der Waals surface area contributed by atoms with Crippen molar-refractivity contribution in [1.82, 2.24) is 0 Å². The van der Waals surface area contributed by atoms with Gasteiger partial charge in [-0.25, -0.2) is 4.39 Å². The quantitative estimate of drug-likeness (QED) is 0.569. The maximum absolute atomic E-state index is 13.1. The molecule has 0 heterocycles. The smallest absolute Gasteiger partial charge is 0.132 e. The Morgan fingerprint density at radius 1 is 1.46 bits per heavy atom. The van der Waals surface area contributed by atoms with Crippen LogP contribution in [-0.2, 0) is 4.79 Å². The van der Waals surface area contributed by atoms with Crippen molar-refractivity contribution < 1.29 is 9.18 Å². The average Bonchev–Trinajstić information content (AvgIpc) is 2.09. The zero-order valence-corrected chi connectivity index (χ0v) is 7.03. The molecule has 0 aliphatic heterocycles. The van der Waals surface area contributed by atoms with E-state index >= 15 is 0 Å². The Kier molecular flexibility index (Phi) is 3.20. The SMILES string of the molecule is Nc1ccc(C=CCC=O)c(F)c1. The summed E-state index contributed by atoms with van der Waals surface area (Å²) in [4.78, 5) is 9.97. The topological polar surface area (TPSA) is 43.1 Å². The van der Waals surface area contributed by atoms with Crippen LogP contribution in [0.2, 0.25) is 0 Å². The number of anilines is 1. The third-order valence-electron chi connectivity index (χ3n) is 1.55. The van der Waals surface area contributed by atoms with Crippen molar-refractivity contribution in [2.24, 2.45) is 0 Å². The Balaban J connectivity index is 2.83. The number of hydrogen-bond acceptors (Lipinski definition) is 2. The molecule has 0 aromatic heterocycles. The molecule has 1 aromatic carbocycles. The Bertz CT molecular complexity index is 334. The Morgan fingerprint density at radius 3 is 2.85 bits per heavy atom. The van der Waals surface area contributed by atoms with Crippen LogP contribution in [0.4, 0.5) is 10.1 Å². The number of nitrogen functional groups attached to an aromatic ring is 1. The molecular formula is C10H10FNO. The zero-order valence-electron chi connectivity index (χ0n) is 7.03. The van der Waals surface area contributed by atoms with Gasteiger partial charge in [-0.1, -0.05) is 18.2 Å². The largest absolute Gasteiger partial charge is 0.399 e. The van der Waals surface area contributed by atoms with E-state index < -0.39 is 0 Å². The summed E-state index contributed by atoms with van der Waals surface area (Å²) in [6.45, 7) is 0. The first kappa shape index (κ1) is 9.45. The minimum absolute atomic E-state index is 0.295. The minimum Gasteiger partial charge on any atom is -0.399 e. The number of carbonyl (C=O) groups excluding carboxylic acids is 1. The molecule has 0 radical (unpaired) electrons. The van der Waals surface area contributed by atoms with E-state index in [2.05, 4.69) is 0 Å². The molecule has 0 bridgehead atoms. The molecule has 0 aliphatic carbocycles. The van der Waals surface area contributed by atoms with E-state index in [1.807, 2.05) is 0 Å². The summed E-state index contributed by atoms with van der Waals surface area (Å²) >= 11 is 0. The highest BCUT2D eigenvalue weighted by molar-refractivity contribution is 5.59. The van der Waals surface area contributed by atoms with Crippen LogP contribution in [0.3, 0.4) is 0 Å². The first-order chi connectivity index (χ1) is 6.24. The van der Waals surface area contributed by atoms with Crippen LogP contribution in [-0.4, -0.2) is 6.29 Å². The standard InChI is InChI=1S/C10H10FNO/c11-10-7-9(12)5-4-8(10)3-1-2-6-13/h1,3-7H,2,12H2. The lowest BCUT2D eigenvalue weighted by atomic mass is 10.1. The number of hydrogen-bond donors (Lipinski definition) is 1. The summed E-state index contributed by atoms with van der Waals surface area (Å²) < 4.78 is 13.1. The van der Waals surface area contributed by atoms with Crippen molar-refractivity contribution in [3.63, 3.8) is 0 Å². The Labute approximate surface area is 75.9 Å². The van der Waals surface area contributed by atoms with Crippen LogP contribution in [0.1, 0.15) is 12.0 Å². The van der Waals surface area contributed by atoms with E-state index in [1.54, 1.807) is 24.3 Å². The number of aldehydes is 1. The molecular weight excluding hydrogens is 169 g/mol. The Morgan fingerprint density at radius 2 is 2.23 bits per heavy atom. The van der Waals surface area contributed by atoms with Gasteiger partial charge < -0.3 is 10.5 Å². The monoisotopic (exact) mass is 179 g/mol. The molecule has 1 rings (SSSR count). The van der Waals surface area contributed by atoms with Gasteiger partial charge in [-0.3, -0.25) is 0 Å². The maximum Gasteiger partial charge on any atom is 0.132 e. The highest BCUT2D eigenvalue weighted by atomic mass is 19.1. The van der Waals surface area contributed by atoms with Gasteiger partial charge >= 0.3 is 0 Å². The fourth-order valence-corrected chi connectivity index (χ4v) is 0.929. The van der Waals surface area contributed by atoms with E-state index in [1.165, 1.54) is 6.07 Å². The van der Waals surface area contributed by atoms with Crippen LogP contribution < -0.4 is 5.73 Å². The van der Waals surface area contributed by atoms with E-state index in [-0.39, 0.29) is 5.82 Å². The van der Waals surface area contributed by atoms with Crippen LogP contribution >= 0.6 is 0 Å². The molecule has 68 valence electrons. The molecule has 2 nitrogen and oxygen atoms in total. The van der Waals surface area contributed by atoms with Crippen molar-refractivity contribution in [3.05, 3.63) is 35.7 Å². The molecule has 0 saturated heterocycles. The van der Waals surface area contributed by atoms with Crippen LogP contribution in [0, 0.1) is 5.82 Å². The predicted molar refractivity (Wildman–Crippen MR) is 50.5 cm³/mol.